The second-order valence-electron chi connectivity index (χ2n) is 17.9. The molecule has 3 fully saturated rings. The number of rotatable bonds is 7. The number of carbonyl (C=O) groups is 4. The van der Waals surface area contributed by atoms with Crippen molar-refractivity contribution >= 4 is 23.4 Å². The van der Waals surface area contributed by atoms with E-state index in [4.69, 9.17) is 23.7 Å². The monoisotopic (exact) mass is 820 g/mol. The molecule has 13 heteroatoms. The van der Waals surface area contributed by atoms with Crippen molar-refractivity contribution in [2.24, 2.45) is 29.6 Å². The molecule has 1 saturated carbocycles. The molecule has 3 aliphatic heterocycles. The number of ketones is 2. The van der Waals surface area contributed by atoms with Gasteiger partial charge in [-0.2, -0.15) is 0 Å². The molecule has 0 radical (unpaired) electrons. The summed E-state index contributed by atoms with van der Waals surface area (Å²) in [4.78, 5) is 57.7. The van der Waals surface area contributed by atoms with E-state index in [0.29, 0.717) is 56.9 Å². The average molecular weight is 820 g/mol. The molecule has 3 heterocycles. The molecule has 0 aromatic carbocycles. The predicted octanol–water partition coefficient (Wildman–Crippen LogP) is 5.25. The fourth-order valence-corrected chi connectivity index (χ4v) is 9.84. The number of cyclic esters (lactones) is 1. The minimum absolute atomic E-state index is 0.0300. The van der Waals surface area contributed by atoms with Crippen molar-refractivity contribution in [3.8, 4) is 0 Å². The van der Waals surface area contributed by atoms with Gasteiger partial charge in [-0.25, -0.2) is 0 Å². The highest BCUT2D eigenvalue weighted by Gasteiger charge is 2.56. The van der Waals surface area contributed by atoms with Crippen LogP contribution >= 0.6 is 0 Å². The van der Waals surface area contributed by atoms with Gasteiger partial charge in [-0.05, 0) is 95.5 Å². The van der Waals surface area contributed by atoms with Gasteiger partial charge in [0.05, 0.1) is 36.9 Å². The molecule has 13 nitrogen and oxygen atoms in total. The number of methoxy groups -OCH3 is 3. The van der Waals surface area contributed by atoms with Crippen molar-refractivity contribution in [2.45, 2.75) is 180 Å². The lowest BCUT2D eigenvalue weighted by atomic mass is 9.81. The topological polar surface area (TPSA) is 178 Å². The van der Waals surface area contributed by atoms with Gasteiger partial charge in [0.1, 0.15) is 18.0 Å². The van der Waals surface area contributed by atoms with Crippen LogP contribution in [-0.4, -0.2) is 126 Å². The van der Waals surface area contributed by atoms with Gasteiger partial charge in [0.25, 0.3) is 11.7 Å². The molecule has 0 aromatic rings. The van der Waals surface area contributed by atoms with Gasteiger partial charge in [0.2, 0.25) is 5.79 Å². The maximum atomic E-state index is 14.2. The third-order valence-electron chi connectivity index (χ3n) is 13.3. The first-order valence-corrected chi connectivity index (χ1v) is 21.7. The number of piperidine rings is 1. The summed E-state index contributed by atoms with van der Waals surface area (Å²) in [6, 6.07) is -0.674. The standard InChI is InChI=1S/C45H73NO12/c1-10-13-32-19-26(2)18-27(3)20-38(55-8)42-39(56-9)22-29(5)45(53,58-42)43(51)44(52)46-17-12-11-14-33(46)24-40(50)57-41(30(6)35(48)25-36(32)49)28(4)21-31-15-16-34(47)37(23-31)54-7/h19,21,27,29-35,37-39,41-42,47-48,53H,10-18,20,22-25H2,1-9H3/b26-19+,28-21+/t27-,29+,30+,31-,32+,33-,34+,35-,37+,38-,39-,41+,42?,45+/m0/s1. The first-order valence-electron chi connectivity index (χ1n) is 21.7. The summed E-state index contributed by atoms with van der Waals surface area (Å²) in [5.74, 6) is -6.95. The number of nitrogens with zero attached hydrogens (tertiary/aromatic N) is 1. The SMILES string of the molecule is CCC[C@@H]1/C=C(\C)C[C@H](C)C[C@H](OC)C2O[C@@](O)(C(=O)C(=O)N3CCCC[C@H]3CC(=O)O[C@H](/C(C)=C/[C@@H]3CC[C@@H](O)[C@H](OC)C3)[C@H](C)[C@@H](O)CC1=O)[C@H](C)C[C@@H]2OC. The van der Waals surface area contributed by atoms with Crippen LogP contribution in [0.4, 0.5) is 0 Å². The lowest BCUT2D eigenvalue weighted by Crippen LogP contribution is -2.64. The quantitative estimate of drug-likeness (QED) is 0.173. The Morgan fingerprint density at radius 1 is 0.897 bits per heavy atom. The maximum Gasteiger partial charge on any atom is 0.308 e. The summed E-state index contributed by atoms with van der Waals surface area (Å²) in [7, 11) is 4.66. The fraction of sp³-hybridized carbons (Fsp3) is 0.822. The number of hydrogen-bond acceptors (Lipinski definition) is 12. The van der Waals surface area contributed by atoms with E-state index in [1.54, 1.807) is 35.2 Å². The minimum Gasteiger partial charge on any atom is -0.457 e. The molecule has 1 amide bonds. The van der Waals surface area contributed by atoms with Crippen LogP contribution in [0, 0.1) is 29.6 Å². The van der Waals surface area contributed by atoms with E-state index in [9.17, 15) is 34.5 Å². The van der Waals surface area contributed by atoms with Gasteiger partial charge >= 0.3 is 5.97 Å². The molecule has 1 unspecified atom stereocenters. The Balaban J connectivity index is 1.74. The van der Waals surface area contributed by atoms with Crippen LogP contribution < -0.4 is 0 Å². The van der Waals surface area contributed by atoms with Crippen molar-refractivity contribution in [2.75, 3.05) is 27.9 Å². The summed E-state index contributed by atoms with van der Waals surface area (Å²) >= 11 is 0. The average Bonchev–Trinajstić information content (AvgIpc) is 3.19. The normalized spacial score (nSPS) is 40.8. The third-order valence-corrected chi connectivity index (χ3v) is 13.3. The Bertz CT molecular complexity index is 1460. The Hall–Kier alpha value is -2.52. The number of allylic oxidation sites excluding steroid dienone is 3. The first-order chi connectivity index (χ1) is 27.5. The van der Waals surface area contributed by atoms with Gasteiger partial charge in [-0.15, -0.1) is 0 Å². The highest BCUT2D eigenvalue weighted by Crippen LogP contribution is 2.39. The van der Waals surface area contributed by atoms with E-state index < -0.39 is 83.9 Å². The van der Waals surface area contributed by atoms with Gasteiger partial charge in [0, 0.05) is 58.1 Å². The van der Waals surface area contributed by atoms with Crippen LogP contribution in [0.5, 0.6) is 0 Å². The summed E-state index contributed by atoms with van der Waals surface area (Å²) in [5.41, 5.74) is 1.72. The van der Waals surface area contributed by atoms with Crippen molar-refractivity contribution < 1.29 is 58.2 Å². The number of fused-ring (bicyclic) bond motifs is 3. The molecule has 330 valence electrons. The number of Topliss-reactive ketones (excluding diaryl/α,β-unsaturated/α-hetero) is 2. The largest absolute Gasteiger partial charge is 0.457 e. The number of carbonyl (C=O) groups excluding carboxylic acids is 4. The van der Waals surface area contributed by atoms with Crippen molar-refractivity contribution in [3.63, 3.8) is 0 Å². The fourth-order valence-electron chi connectivity index (χ4n) is 9.84. The highest BCUT2D eigenvalue weighted by molar-refractivity contribution is 6.38. The molecule has 4 rings (SSSR count). The molecule has 58 heavy (non-hydrogen) atoms. The van der Waals surface area contributed by atoms with Crippen molar-refractivity contribution in [3.05, 3.63) is 23.3 Å². The molecular formula is C45H73NO12. The zero-order chi connectivity index (χ0) is 42.9. The van der Waals surface area contributed by atoms with E-state index in [0.717, 1.165) is 18.4 Å². The van der Waals surface area contributed by atoms with Crippen molar-refractivity contribution in [1.29, 1.82) is 0 Å². The van der Waals surface area contributed by atoms with Gasteiger partial charge in [-0.1, -0.05) is 51.8 Å². The van der Waals surface area contributed by atoms with Crippen LogP contribution in [0.1, 0.15) is 125 Å². The third kappa shape index (κ3) is 11.9. The number of hydrogen-bond donors (Lipinski definition) is 3. The molecule has 0 spiro atoms. The second-order valence-corrected chi connectivity index (χ2v) is 17.9. The molecule has 3 N–H and O–H groups in total. The summed E-state index contributed by atoms with van der Waals surface area (Å²) < 4.78 is 29.8. The molecule has 0 aromatic heterocycles. The van der Waals surface area contributed by atoms with Crippen LogP contribution in [0.3, 0.4) is 0 Å². The number of aliphatic hydroxyl groups excluding tert-OH is 2. The molecule has 4 aliphatic rings. The van der Waals surface area contributed by atoms with Crippen LogP contribution in [0.15, 0.2) is 23.3 Å². The van der Waals surface area contributed by atoms with Crippen LogP contribution in [0.2, 0.25) is 0 Å². The summed E-state index contributed by atoms with van der Waals surface area (Å²) in [5, 5.41) is 34.1. The van der Waals surface area contributed by atoms with Crippen LogP contribution in [0.25, 0.3) is 0 Å². The smallest absolute Gasteiger partial charge is 0.308 e. The van der Waals surface area contributed by atoms with Gasteiger partial charge in [-0.3, -0.25) is 19.2 Å². The molecule has 1 aliphatic carbocycles. The zero-order valence-electron chi connectivity index (χ0n) is 36.5. The number of esters is 1. The Kier molecular flexibility index (Phi) is 18.1. The summed E-state index contributed by atoms with van der Waals surface area (Å²) in [6.45, 7) is 11.6. The molecule has 2 saturated heterocycles. The van der Waals surface area contributed by atoms with E-state index in [-0.39, 0.29) is 49.5 Å². The Morgan fingerprint density at radius 3 is 2.22 bits per heavy atom. The predicted molar refractivity (Wildman–Crippen MR) is 217 cm³/mol. The lowest BCUT2D eigenvalue weighted by Gasteiger charge is -2.47. The second kappa shape index (κ2) is 21.8. The number of amides is 1. The van der Waals surface area contributed by atoms with Gasteiger partial charge in [0.15, 0.2) is 0 Å². The Labute approximate surface area is 346 Å². The first kappa shape index (κ1) is 48.1. The summed E-state index contributed by atoms with van der Waals surface area (Å²) in [6.07, 6.45) is 5.17. The van der Waals surface area contributed by atoms with Crippen molar-refractivity contribution in [1.82, 2.24) is 4.90 Å². The molecule has 2 bridgehead atoms. The minimum atomic E-state index is -2.45. The van der Waals surface area contributed by atoms with Crippen LogP contribution in [-0.2, 0) is 42.9 Å². The number of aliphatic hydroxyl groups is 3. The van der Waals surface area contributed by atoms with E-state index in [2.05, 4.69) is 6.92 Å². The van der Waals surface area contributed by atoms with E-state index in [1.165, 1.54) is 4.90 Å². The zero-order valence-corrected chi connectivity index (χ0v) is 36.5. The van der Waals surface area contributed by atoms with E-state index in [1.807, 2.05) is 32.9 Å². The number of ether oxygens (including phenoxy) is 5. The van der Waals surface area contributed by atoms with E-state index >= 15 is 0 Å². The highest BCUT2D eigenvalue weighted by atomic mass is 16.7. The molecular weight excluding hydrogens is 746 g/mol. The maximum absolute atomic E-state index is 14.2. The Morgan fingerprint density at radius 2 is 1.57 bits per heavy atom. The lowest BCUT2D eigenvalue weighted by molar-refractivity contribution is -0.302. The molecule has 14 atom stereocenters. The van der Waals surface area contributed by atoms with Gasteiger partial charge < -0.3 is 43.9 Å².